The molecule has 1 atom stereocenters. The van der Waals surface area contributed by atoms with Gasteiger partial charge in [0.2, 0.25) is 0 Å². The van der Waals surface area contributed by atoms with Crippen molar-refractivity contribution < 1.29 is 23.7 Å². The third-order valence-corrected chi connectivity index (χ3v) is 8.41. The SMILES string of the molecule is CCOc1cc(/C=c2\sc3n(c2=O)[C@@H](c2cc(Cl)ccc2OC)C(C(=O)OC)=C(C)N=3)ccc1OCc1ccccc1Cl. The van der Waals surface area contributed by atoms with Crippen LogP contribution in [0.3, 0.4) is 0 Å². The zero-order chi connectivity index (χ0) is 30.7. The lowest BCUT2D eigenvalue weighted by atomic mass is 9.95. The van der Waals surface area contributed by atoms with E-state index in [2.05, 4.69) is 4.99 Å². The van der Waals surface area contributed by atoms with Crippen LogP contribution in [0.25, 0.3) is 6.08 Å². The Balaban J connectivity index is 1.60. The Morgan fingerprint density at radius 1 is 1.02 bits per heavy atom. The van der Waals surface area contributed by atoms with Crippen molar-refractivity contribution in [2.24, 2.45) is 4.99 Å². The van der Waals surface area contributed by atoms with Crippen LogP contribution >= 0.6 is 34.5 Å². The van der Waals surface area contributed by atoms with Crippen molar-refractivity contribution in [2.75, 3.05) is 20.8 Å². The second-order valence-electron chi connectivity index (χ2n) is 9.48. The number of methoxy groups -OCH3 is 2. The summed E-state index contributed by atoms with van der Waals surface area (Å²) in [6, 6.07) is 17.1. The van der Waals surface area contributed by atoms with Gasteiger partial charge in [-0.05, 0) is 61.9 Å². The number of fused-ring (bicyclic) bond motifs is 1. The topological polar surface area (TPSA) is 88.4 Å². The molecule has 0 N–H and O–H groups in total. The van der Waals surface area contributed by atoms with E-state index in [0.29, 0.717) is 54.5 Å². The fraction of sp³-hybridized carbons (Fsp3) is 0.219. The summed E-state index contributed by atoms with van der Waals surface area (Å²) >= 11 is 13.9. The van der Waals surface area contributed by atoms with Gasteiger partial charge >= 0.3 is 5.97 Å². The molecule has 8 nitrogen and oxygen atoms in total. The minimum absolute atomic E-state index is 0.223. The second kappa shape index (κ2) is 13.1. The third kappa shape index (κ3) is 6.20. The molecule has 0 saturated carbocycles. The molecule has 2 heterocycles. The van der Waals surface area contributed by atoms with Gasteiger partial charge in [-0.1, -0.05) is 58.8 Å². The van der Waals surface area contributed by atoms with Gasteiger partial charge in [-0.15, -0.1) is 0 Å². The van der Waals surface area contributed by atoms with Gasteiger partial charge in [0.1, 0.15) is 18.4 Å². The van der Waals surface area contributed by atoms with Crippen LogP contribution in [0.2, 0.25) is 10.0 Å². The maximum atomic E-state index is 14.0. The third-order valence-electron chi connectivity index (χ3n) is 6.82. The van der Waals surface area contributed by atoms with Crippen molar-refractivity contribution in [3.63, 3.8) is 0 Å². The van der Waals surface area contributed by atoms with E-state index in [1.807, 2.05) is 43.3 Å². The predicted molar refractivity (Wildman–Crippen MR) is 167 cm³/mol. The van der Waals surface area contributed by atoms with Crippen LogP contribution in [0.15, 0.2) is 81.7 Å². The summed E-state index contributed by atoms with van der Waals surface area (Å²) in [6.07, 6.45) is 1.76. The number of benzene rings is 3. The first-order chi connectivity index (χ1) is 20.7. The van der Waals surface area contributed by atoms with E-state index in [4.69, 9.17) is 42.1 Å². The molecule has 0 aliphatic carbocycles. The minimum atomic E-state index is -0.862. The molecule has 11 heteroatoms. The van der Waals surface area contributed by atoms with E-state index in [1.54, 1.807) is 37.3 Å². The second-order valence-corrected chi connectivity index (χ2v) is 11.3. The number of allylic oxidation sites excluding steroid dienone is 1. The standard InChI is InChI=1S/C32H28Cl2N2O6S/c1-5-41-26-14-19(10-12-25(26)42-17-20-8-6-7-9-23(20)34)15-27-30(37)36-29(22-16-21(33)11-13-24(22)39-3)28(31(38)40-4)18(2)35-32(36)43-27/h6-16,29H,5,17H2,1-4H3/b27-15-/t29-/m0/s1. The molecular weight excluding hydrogens is 611 g/mol. The number of nitrogens with zero attached hydrogens (tertiary/aromatic N) is 2. The maximum Gasteiger partial charge on any atom is 0.338 e. The number of rotatable bonds is 9. The molecular formula is C32H28Cl2N2O6S. The zero-order valence-electron chi connectivity index (χ0n) is 23.9. The van der Waals surface area contributed by atoms with E-state index in [0.717, 1.165) is 11.1 Å². The van der Waals surface area contributed by atoms with Crippen molar-refractivity contribution >= 4 is 46.6 Å². The molecule has 0 spiro atoms. The van der Waals surface area contributed by atoms with Crippen molar-refractivity contribution in [1.29, 1.82) is 0 Å². The van der Waals surface area contributed by atoms with Gasteiger partial charge in [-0.3, -0.25) is 9.36 Å². The number of hydrogen-bond donors (Lipinski definition) is 0. The molecule has 1 aliphatic heterocycles. The van der Waals surface area contributed by atoms with Crippen molar-refractivity contribution in [3.8, 4) is 17.2 Å². The molecule has 0 radical (unpaired) electrons. The maximum absolute atomic E-state index is 14.0. The molecule has 0 fully saturated rings. The van der Waals surface area contributed by atoms with Crippen molar-refractivity contribution in [2.45, 2.75) is 26.5 Å². The number of aromatic nitrogens is 1. The molecule has 0 saturated heterocycles. The van der Waals surface area contributed by atoms with Gasteiger partial charge in [-0.25, -0.2) is 9.79 Å². The quantitative estimate of drug-likeness (QED) is 0.219. The summed E-state index contributed by atoms with van der Waals surface area (Å²) in [5, 5.41) is 1.05. The molecule has 43 heavy (non-hydrogen) atoms. The highest BCUT2D eigenvalue weighted by molar-refractivity contribution is 7.07. The molecule has 1 aromatic heterocycles. The first-order valence-corrected chi connectivity index (χ1v) is 14.9. The minimum Gasteiger partial charge on any atom is -0.496 e. The number of esters is 1. The molecule has 1 aliphatic rings. The summed E-state index contributed by atoms with van der Waals surface area (Å²) in [4.78, 5) is 32.0. The summed E-state index contributed by atoms with van der Waals surface area (Å²) in [7, 11) is 2.81. The highest BCUT2D eigenvalue weighted by Gasteiger charge is 2.35. The average molecular weight is 640 g/mol. The summed E-state index contributed by atoms with van der Waals surface area (Å²) < 4.78 is 24.5. The fourth-order valence-corrected chi connectivity index (χ4v) is 6.25. The predicted octanol–water partition coefficient (Wildman–Crippen LogP) is 5.70. The summed E-state index contributed by atoms with van der Waals surface area (Å²) in [5.74, 6) is 0.943. The van der Waals surface area contributed by atoms with Crippen LogP contribution in [0, 0.1) is 0 Å². The van der Waals surface area contributed by atoms with Gasteiger partial charge in [0.15, 0.2) is 16.3 Å². The fourth-order valence-electron chi connectivity index (χ4n) is 4.83. The molecule has 3 aromatic carbocycles. The van der Waals surface area contributed by atoms with Crippen LogP contribution in [0.4, 0.5) is 0 Å². The van der Waals surface area contributed by atoms with E-state index in [-0.39, 0.29) is 17.7 Å². The molecule has 5 rings (SSSR count). The van der Waals surface area contributed by atoms with E-state index in [9.17, 15) is 9.59 Å². The largest absolute Gasteiger partial charge is 0.496 e. The Morgan fingerprint density at radius 3 is 2.51 bits per heavy atom. The van der Waals surface area contributed by atoms with E-state index in [1.165, 1.54) is 30.1 Å². The van der Waals surface area contributed by atoms with Crippen LogP contribution < -0.4 is 29.1 Å². The van der Waals surface area contributed by atoms with Crippen LogP contribution in [0.1, 0.15) is 36.6 Å². The highest BCUT2D eigenvalue weighted by atomic mass is 35.5. The van der Waals surface area contributed by atoms with Crippen molar-refractivity contribution in [1.82, 2.24) is 4.57 Å². The Bertz CT molecular complexity index is 1910. The summed E-state index contributed by atoms with van der Waals surface area (Å²) in [5.41, 5.74) is 2.44. The lowest BCUT2D eigenvalue weighted by Crippen LogP contribution is -2.40. The Morgan fingerprint density at radius 2 is 1.79 bits per heavy atom. The first kappa shape index (κ1) is 30.4. The van der Waals surface area contributed by atoms with Crippen LogP contribution in [0.5, 0.6) is 17.2 Å². The van der Waals surface area contributed by atoms with Gasteiger partial charge in [0, 0.05) is 21.2 Å². The number of carbonyl (C=O) groups is 1. The van der Waals surface area contributed by atoms with Gasteiger partial charge in [0.05, 0.1) is 36.6 Å². The summed E-state index contributed by atoms with van der Waals surface area (Å²) in [6.45, 7) is 4.29. The highest BCUT2D eigenvalue weighted by Crippen LogP contribution is 2.37. The molecule has 0 amide bonds. The number of hydrogen-bond acceptors (Lipinski definition) is 8. The number of ether oxygens (including phenoxy) is 4. The van der Waals surface area contributed by atoms with Gasteiger partial charge in [-0.2, -0.15) is 0 Å². The van der Waals surface area contributed by atoms with Crippen LogP contribution in [-0.2, 0) is 16.1 Å². The van der Waals surface area contributed by atoms with Gasteiger partial charge in [0.25, 0.3) is 5.56 Å². The van der Waals surface area contributed by atoms with E-state index >= 15 is 0 Å². The lowest BCUT2D eigenvalue weighted by molar-refractivity contribution is -0.136. The number of carbonyl (C=O) groups excluding carboxylic acids is 1. The van der Waals surface area contributed by atoms with Gasteiger partial charge < -0.3 is 18.9 Å². The first-order valence-electron chi connectivity index (χ1n) is 13.3. The Hall–Kier alpha value is -4.05. The monoisotopic (exact) mass is 638 g/mol. The molecule has 0 bridgehead atoms. The zero-order valence-corrected chi connectivity index (χ0v) is 26.2. The van der Waals surface area contributed by atoms with Crippen LogP contribution in [-0.4, -0.2) is 31.4 Å². The van der Waals surface area contributed by atoms with E-state index < -0.39 is 12.0 Å². The normalized spacial score (nSPS) is 14.7. The van der Waals surface area contributed by atoms with Crippen molar-refractivity contribution in [3.05, 3.63) is 118 Å². The average Bonchev–Trinajstić information content (AvgIpc) is 3.30. The Kier molecular flexibility index (Phi) is 9.25. The Labute approximate surface area is 262 Å². The number of halogens is 2. The number of thiazole rings is 1. The lowest BCUT2D eigenvalue weighted by Gasteiger charge is -2.25. The molecule has 0 unspecified atom stereocenters. The molecule has 4 aromatic rings. The smallest absolute Gasteiger partial charge is 0.338 e. The molecule has 222 valence electrons.